The molecule has 0 unspecified atom stereocenters. The zero-order valence-corrected chi connectivity index (χ0v) is 15.9. The fraction of sp³-hybridized carbons (Fsp3) is 0.286. The van der Waals surface area contributed by atoms with Gasteiger partial charge in [0.2, 0.25) is 0 Å². The first-order valence-corrected chi connectivity index (χ1v) is 9.46. The van der Waals surface area contributed by atoms with Crippen molar-refractivity contribution in [2.24, 2.45) is 0 Å². The Morgan fingerprint density at radius 2 is 2.14 bits per heavy atom. The lowest BCUT2D eigenvalue weighted by Gasteiger charge is -2.35. The molecular formula is C21H22N6O. The second-order valence-corrected chi connectivity index (χ2v) is 7.43. The highest BCUT2D eigenvalue weighted by Gasteiger charge is 2.31. The van der Waals surface area contributed by atoms with Crippen LogP contribution in [0.1, 0.15) is 39.9 Å². The zero-order chi connectivity index (χ0) is 19.3. The van der Waals surface area contributed by atoms with Gasteiger partial charge in [0.15, 0.2) is 5.65 Å². The van der Waals surface area contributed by atoms with E-state index >= 15 is 0 Å². The Kier molecular flexibility index (Phi) is 3.91. The van der Waals surface area contributed by atoms with E-state index in [0.29, 0.717) is 6.54 Å². The van der Waals surface area contributed by atoms with E-state index in [2.05, 4.69) is 20.0 Å². The van der Waals surface area contributed by atoms with E-state index in [0.717, 1.165) is 52.5 Å². The molecule has 5 rings (SSSR count). The predicted molar refractivity (Wildman–Crippen MR) is 105 cm³/mol. The summed E-state index contributed by atoms with van der Waals surface area (Å²) < 4.78 is 1.90. The number of hydrogen-bond acceptors (Lipinski definition) is 5. The lowest BCUT2D eigenvalue weighted by molar-refractivity contribution is 0.200. The summed E-state index contributed by atoms with van der Waals surface area (Å²) in [4.78, 5) is 15.0. The summed E-state index contributed by atoms with van der Waals surface area (Å²) >= 11 is 0. The number of rotatable bonds is 3. The van der Waals surface area contributed by atoms with Crippen molar-refractivity contribution in [3.05, 3.63) is 76.8 Å². The summed E-state index contributed by atoms with van der Waals surface area (Å²) in [6.07, 6.45) is 4.58. The van der Waals surface area contributed by atoms with Gasteiger partial charge < -0.3 is 10.1 Å². The van der Waals surface area contributed by atoms with Crippen LogP contribution in [0.25, 0.3) is 5.65 Å². The molecule has 0 fully saturated rings. The van der Waals surface area contributed by atoms with Crippen LogP contribution in [0.4, 0.5) is 0 Å². The highest BCUT2D eigenvalue weighted by atomic mass is 16.3. The fourth-order valence-electron chi connectivity index (χ4n) is 4.21. The SMILES string of the molecule is Cc1cc(C)n2ncc(CN3CCc4[nH]cnc4[C@H]3c3cccc(O)c3)c2n1. The number of aryl methyl sites for hydroxylation is 2. The lowest BCUT2D eigenvalue weighted by Crippen LogP contribution is -2.35. The molecule has 0 spiro atoms. The van der Waals surface area contributed by atoms with Crippen molar-refractivity contribution < 1.29 is 5.11 Å². The van der Waals surface area contributed by atoms with Crippen molar-refractivity contribution in [3.63, 3.8) is 0 Å². The van der Waals surface area contributed by atoms with E-state index in [9.17, 15) is 5.11 Å². The molecule has 28 heavy (non-hydrogen) atoms. The molecule has 142 valence electrons. The summed E-state index contributed by atoms with van der Waals surface area (Å²) in [7, 11) is 0. The fourth-order valence-corrected chi connectivity index (χ4v) is 4.21. The number of aromatic amines is 1. The summed E-state index contributed by atoms with van der Waals surface area (Å²) in [5.74, 6) is 0.268. The number of nitrogens with one attached hydrogen (secondary N) is 1. The first kappa shape index (κ1) is 16.9. The molecule has 0 saturated carbocycles. The van der Waals surface area contributed by atoms with Crippen molar-refractivity contribution in [2.45, 2.75) is 32.9 Å². The standard InChI is InChI=1S/C21H22N6O/c1-13-8-14(2)27-21(25-13)16(10-24-27)11-26-7-6-18-19(23-12-22-18)20(26)15-4-3-5-17(28)9-15/h3-5,8-10,12,20,28H,6-7,11H2,1-2H3,(H,22,23)/t20-/m1/s1. The largest absolute Gasteiger partial charge is 0.508 e. The Balaban J connectivity index is 1.57. The number of fused-ring (bicyclic) bond motifs is 2. The maximum absolute atomic E-state index is 10.0. The Bertz CT molecular complexity index is 1160. The minimum Gasteiger partial charge on any atom is -0.508 e. The van der Waals surface area contributed by atoms with Crippen LogP contribution in [-0.4, -0.2) is 41.1 Å². The number of hydrogen-bond donors (Lipinski definition) is 2. The molecule has 1 aliphatic rings. The number of imidazole rings is 1. The van der Waals surface area contributed by atoms with Crippen molar-refractivity contribution in [1.29, 1.82) is 0 Å². The van der Waals surface area contributed by atoms with Crippen LogP contribution < -0.4 is 0 Å². The van der Waals surface area contributed by atoms with Gasteiger partial charge in [0.05, 0.1) is 24.3 Å². The zero-order valence-electron chi connectivity index (χ0n) is 15.9. The Morgan fingerprint density at radius 3 is 3.00 bits per heavy atom. The molecule has 1 aliphatic heterocycles. The van der Waals surface area contributed by atoms with E-state index in [1.807, 2.05) is 48.8 Å². The quantitative estimate of drug-likeness (QED) is 0.576. The van der Waals surface area contributed by atoms with Gasteiger partial charge in [-0.25, -0.2) is 14.5 Å². The van der Waals surface area contributed by atoms with Gasteiger partial charge in [0, 0.05) is 42.2 Å². The summed E-state index contributed by atoms with van der Waals surface area (Å²) in [6.45, 7) is 5.66. The van der Waals surface area contributed by atoms with Crippen molar-refractivity contribution >= 4 is 5.65 Å². The van der Waals surface area contributed by atoms with E-state index in [1.54, 1.807) is 12.4 Å². The van der Waals surface area contributed by atoms with Crippen LogP contribution in [-0.2, 0) is 13.0 Å². The van der Waals surface area contributed by atoms with Gasteiger partial charge in [0.25, 0.3) is 0 Å². The van der Waals surface area contributed by atoms with E-state index in [1.165, 1.54) is 0 Å². The number of nitrogens with zero attached hydrogens (tertiary/aromatic N) is 5. The Labute approximate surface area is 162 Å². The molecule has 0 radical (unpaired) electrons. The molecule has 4 aromatic rings. The Morgan fingerprint density at radius 1 is 1.25 bits per heavy atom. The summed E-state index contributed by atoms with van der Waals surface area (Å²) in [5.41, 5.74) is 7.28. The van der Waals surface area contributed by atoms with Gasteiger partial charge >= 0.3 is 0 Å². The number of H-pyrrole nitrogens is 1. The lowest BCUT2D eigenvalue weighted by atomic mass is 9.95. The number of phenolic OH excluding ortho intramolecular Hbond substituents is 1. The molecule has 7 heteroatoms. The minimum absolute atomic E-state index is 0.0250. The molecule has 1 aromatic carbocycles. The first-order chi connectivity index (χ1) is 13.6. The molecule has 7 nitrogen and oxygen atoms in total. The third kappa shape index (κ3) is 2.75. The molecule has 3 aromatic heterocycles. The third-order valence-corrected chi connectivity index (χ3v) is 5.44. The number of aromatic nitrogens is 5. The highest BCUT2D eigenvalue weighted by Crippen LogP contribution is 2.35. The van der Waals surface area contributed by atoms with Crippen LogP contribution in [0.3, 0.4) is 0 Å². The van der Waals surface area contributed by atoms with Crippen LogP contribution in [0, 0.1) is 13.8 Å². The second-order valence-electron chi connectivity index (χ2n) is 7.43. The molecule has 4 heterocycles. The number of aromatic hydroxyl groups is 1. The first-order valence-electron chi connectivity index (χ1n) is 9.46. The average molecular weight is 374 g/mol. The van der Waals surface area contributed by atoms with Crippen molar-refractivity contribution in [2.75, 3.05) is 6.54 Å². The predicted octanol–water partition coefficient (Wildman–Crippen LogP) is 2.92. The van der Waals surface area contributed by atoms with Gasteiger partial charge in [-0.2, -0.15) is 5.10 Å². The molecule has 2 N–H and O–H groups in total. The number of phenols is 1. The molecule has 1 atom stereocenters. The monoisotopic (exact) mass is 374 g/mol. The second kappa shape index (κ2) is 6.45. The van der Waals surface area contributed by atoms with E-state index in [4.69, 9.17) is 4.98 Å². The highest BCUT2D eigenvalue weighted by molar-refractivity contribution is 5.48. The van der Waals surface area contributed by atoms with Crippen LogP contribution in [0.5, 0.6) is 5.75 Å². The van der Waals surface area contributed by atoms with Crippen molar-refractivity contribution in [3.8, 4) is 5.75 Å². The van der Waals surface area contributed by atoms with Gasteiger partial charge in [0.1, 0.15) is 5.75 Å². The third-order valence-electron chi connectivity index (χ3n) is 5.44. The van der Waals surface area contributed by atoms with Gasteiger partial charge in [-0.15, -0.1) is 0 Å². The van der Waals surface area contributed by atoms with Crippen LogP contribution in [0.2, 0.25) is 0 Å². The van der Waals surface area contributed by atoms with Crippen LogP contribution >= 0.6 is 0 Å². The minimum atomic E-state index is -0.0250. The van der Waals surface area contributed by atoms with Gasteiger partial charge in [-0.05, 0) is 37.6 Å². The summed E-state index contributed by atoms with van der Waals surface area (Å²) in [6, 6.07) is 9.46. The van der Waals surface area contributed by atoms with Crippen LogP contribution in [0.15, 0.2) is 42.9 Å². The topological polar surface area (TPSA) is 82.3 Å². The molecule has 0 bridgehead atoms. The summed E-state index contributed by atoms with van der Waals surface area (Å²) in [5, 5.41) is 14.6. The van der Waals surface area contributed by atoms with Gasteiger partial charge in [-0.3, -0.25) is 4.90 Å². The Hall–Kier alpha value is -3.19. The van der Waals surface area contributed by atoms with E-state index < -0.39 is 0 Å². The normalized spacial score (nSPS) is 17.1. The average Bonchev–Trinajstić information content (AvgIpc) is 3.29. The number of benzene rings is 1. The molecule has 0 aliphatic carbocycles. The molecule has 0 amide bonds. The van der Waals surface area contributed by atoms with E-state index in [-0.39, 0.29) is 11.8 Å². The smallest absolute Gasteiger partial charge is 0.159 e. The molecular weight excluding hydrogens is 352 g/mol. The maximum Gasteiger partial charge on any atom is 0.159 e. The van der Waals surface area contributed by atoms with Gasteiger partial charge in [-0.1, -0.05) is 12.1 Å². The maximum atomic E-state index is 10.0. The van der Waals surface area contributed by atoms with Crippen molar-refractivity contribution in [1.82, 2.24) is 29.5 Å². The molecule has 0 saturated heterocycles.